The number of carbonyl (C=O) groups is 1. The average molecular weight is 313 g/mol. The molecule has 2 N–H and O–H groups in total. The van der Waals surface area contributed by atoms with E-state index in [0.29, 0.717) is 5.92 Å². The lowest BCUT2D eigenvalue weighted by molar-refractivity contribution is -0.115. The van der Waals surface area contributed by atoms with Gasteiger partial charge in [0, 0.05) is 19.0 Å². The largest absolute Gasteiger partial charge is 0.508 e. The topological polar surface area (TPSA) is 67.2 Å². The Morgan fingerprint density at radius 1 is 1.35 bits per heavy atom. The molecular formula is C18H23N3O2. The number of nitrogens with one attached hydrogen (secondary N) is 1. The molecule has 1 aliphatic carbocycles. The van der Waals surface area contributed by atoms with Gasteiger partial charge >= 0.3 is 0 Å². The molecule has 1 saturated carbocycles. The maximum absolute atomic E-state index is 12.2. The van der Waals surface area contributed by atoms with E-state index < -0.39 is 0 Å². The third-order valence-corrected chi connectivity index (χ3v) is 4.58. The monoisotopic (exact) mass is 313 g/mol. The Hall–Kier alpha value is -2.30. The van der Waals surface area contributed by atoms with E-state index in [0.717, 1.165) is 22.6 Å². The summed E-state index contributed by atoms with van der Waals surface area (Å²) in [7, 11) is 1.85. The molecule has 1 aromatic carbocycles. The summed E-state index contributed by atoms with van der Waals surface area (Å²) < 4.78 is 1.73. The lowest BCUT2D eigenvalue weighted by atomic mass is 10.0. The number of aromatic nitrogens is 2. The molecule has 1 amide bonds. The summed E-state index contributed by atoms with van der Waals surface area (Å²) in [5, 5.41) is 17.2. The first-order valence-corrected chi connectivity index (χ1v) is 8.15. The number of anilines is 1. The number of aromatic hydroxyl groups is 1. The van der Waals surface area contributed by atoms with Gasteiger partial charge < -0.3 is 10.4 Å². The van der Waals surface area contributed by atoms with Gasteiger partial charge in [0.25, 0.3) is 0 Å². The molecule has 0 unspecified atom stereocenters. The number of hydrogen-bond acceptors (Lipinski definition) is 3. The van der Waals surface area contributed by atoms with Crippen molar-refractivity contribution in [3.8, 4) is 5.75 Å². The molecule has 0 spiro atoms. The van der Waals surface area contributed by atoms with Crippen molar-refractivity contribution in [2.45, 2.75) is 44.9 Å². The van der Waals surface area contributed by atoms with Crippen LogP contribution in [0, 0.1) is 6.92 Å². The van der Waals surface area contributed by atoms with E-state index in [1.54, 1.807) is 10.7 Å². The molecule has 5 nitrogen and oxygen atoms in total. The molecule has 2 aromatic rings. The van der Waals surface area contributed by atoms with Gasteiger partial charge in [0.05, 0.1) is 12.1 Å². The van der Waals surface area contributed by atoms with Crippen LogP contribution in [0.3, 0.4) is 0 Å². The van der Waals surface area contributed by atoms with E-state index in [1.165, 1.54) is 25.7 Å². The van der Waals surface area contributed by atoms with Crippen LogP contribution in [0.1, 0.15) is 48.4 Å². The lowest BCUT2D eigenvalue weighted by Gasteiger charge is -2.06. The Kier molecular flexibility index (Phi) is 4.37. The summed E-state index contributed by atoms with van der Waals surface area (Å²) in [6.07, 6.45) is 5.14. The fourth-order valence-corrected chi connectivity index (χ4v) is 3.16. The molecule has 0 radical (unpaired) electrons. The van der Waals surface area contributed by atoms with Gasteiger partial charge in [-0.15, -0.1) is 0 Å². The van der Waals surface area contributed by atoms with Crippen molar-refractivity contribution in [1.29, 1.82) is 0 Å². The number of aryl methyl sites for hydroxylation is 2. The molecule has 0 saturated heterocycles. The van der Waals surface area contributed by atoms with Crippen LogP contribution in [0.15, 0.2) is 24.3 Å². The van der Waals surface area contributed by atoms with Gasteiger partial charge in [0.2, 0.25) is 5.91 Å². The number of phenolic OH excluding ortho intramolecular Hbond substituents is 1. The number of nitrogens with zero attached hydrogens (tertiary/aromatic N) is 2. The lowest BCUT2D eigenvalue weighted by Crippen LogP contribution is -2.16. The highest BCUT2D eigenvalue weighted by molar-refractivity contribution is 5.91. The fraction of sp³-hybridized carbons (Fsp3) is 0.444. The highest BCUT2D eigenvalue weighted by atomic mass is 16.3. The zero-order valence-electron chi connectivity index (χ0n) is 13.7. The highest BCUT2D eigenvalue weighted by Gasteiger charge is 2.21. The molecule has 1 aromatic heterocycles. The van der Waals surface area contributed by atoms with Gasteiger partial charge in [-0.2, -0.15) is 5.10 Å². The summed E-state index contributed by atoms with van der Waals surface area (Å²) >= 11 is 0. The minimum absolute atomic E-state index is 0.103. The Balaban J connectivity index is 1.66. The number of benzene rings is 1. The first-order chi connectivity index (χ1) is 11.0. The van der Waals surface area contributed by atoms with Crippen LogP contribution in [0.5, 0.6) is 5.75 Å². The molecule has 5 heteroatoms. The van der Waals surface area contributed by atoms with Crippen molar-refractivity contribution in [2.75, 3.05) is 5.32 Å². The van der Waals surface area contributed by atoms with E-state index >= 15 is 0 Å². The zero-order chi connectivity index (χ0) is 16.4. The molecule has 122 valence electrons. The predicted molar refractivity (Wildman–Crippen MR) is 89.6 cm³/mol. The minimum atomic E-state index is -0.103. The van der Waals surface area contributed by atoms with Crippen molar-refractivity contribution >= 4 is 11.7 Å². The standard InChI is InChI=1S/C18H23N3O2/c1-12-7-8-13(9-16(12)22)10-18(23)19-17-11-15(20-21(17)2)14-5-3-4-6-14/h7-9,11,14,22H,3-6,10H2,1-2H3,(H,19,23). The van der Waals surface area contributed by atoms with Crippen LogP contribution in [-0.4, -0.2) is 20.8 Å². The van der Waals surface area contributed by atoms with Crippen molar-refractivity contribution in [1.82, 2.24) is 9.78 Å². The van der Waals surface area contributed by atoms with Crippen LogP contribution >= 0.6 is 0 Å². The van der Waals surface area contributed by atoms with Gasteiger partial charge in [-0.3, -0.25) is 9.48 Å². The number of amides is 1. The second-order valence-corrected chi connectivity index (χ2v) is 6.41. The quantitative estimate of drug-likeness (QED) is 0.910. The normalized spacial score (nSPS) is 15.0. The van der Waals surface area contributed by atoms with E-state index in [9.17, 15) is 9.90 Å². The van der Waals surface area contributed by atoms with Gasteiger partial charge in [-0.25, -0.2) is 0 Å². The second kappa shape index (κ2) is 6.44. The van der Waals surface area contributed by atoms with E-state index in [4.69, 9.17) is 0 Å². The number of rotatable bonds is 4. The smallest absolute Gasteiger partial charge is 0.229 e. The number of hydrogen-bond donors (Lipinski definition) is 2. The average Bonchev–Trinajstić information content (AvgIpc) is 3.13. The fourth-order valence-electron chi connectivity index (χ4n) is 3.16. The predicted octanol–water partition coefficient (Wildman–Crippen LogP) is 3.27. The summed E-state index contributed by atoms with van der Waals surface area (Å²) in [6, 6.07) is 7.31. The van der Waals surface area contributed by atoms with Crippen LogP contribution in [0.2, 0.25) is 0 Å². The maximum Gasteiger partial charge on any atom is 0.229 e. The van der Waals surface area contributed by atoms with Gasteiger partial charge in [0.15, 0.2) is 0 Å². The minimum Gasteiger partial charge on any atom is -0.508 e. The van der Waals surface area contributed by atoms with Crippen LogP contribution < -0.4 is 5.32 Å². The maximum atomic E-state index is 12.2. The van der Waals surface area contributed by atoms with Crippen LogP contribution in [0.25, 0.3) is 0 Å². The highest BCUT2D eigenvalue weighted by Crippen LogP contribution is 2.34. The molecule has 0 bridgehead atoms. The Morgan fingerprint density at radius 3 is 2.78 bits per heavy atom. The molecule has 1 aliphatic rings. The molecular weight excluding hydrogens is 290 g/mol. The Labute approximate surface area is 136 Å². The van der Waals surface area contributed by atoms with E-state index in [1.807, 2.05) is 32.2 Å². The van der Waals surface area contributed by atoms with Gasteiger partial charge in [-0.1, -0.05) is 25.0 Å². The second-order valence-electron chi connectivity index (χ2n) is 6.41. The number of carbonyl (C=O) groups excluding carboxylic acids is 1. The molecule has 23 heavy (non-hydrogen) atoms. The van der Waals surface area contributed by atoms with Crippen molar-refractivity contribution in [3.05, 3.63) is 41.1 Å². The first-order valence-electron chi connectivity index (χ1n) is 8.15. The Bertz CT molecular complexity index is 715. The molecule has 3 rings (SSSR count). The van der Waals surface area contributed by atoms with Crippen molar-refractivity contribution in [2.24, 2.45) is 7.05 Å². The molecule has 0 aliphatic heterocycles. The zero-order valence-corrected chi connectivity index (χ0v) is 13.7. The van der Waals surface area contributed by atoms with Crippen LogP contribution in [-0.2, 0) is 18.3 Å². The summed E-state index contributed by atoms with van der Waals surface area (Å²) in [5.41, 5.74) is 2.68. The first kappa shape index (κ1) is 15.6. The molecule has 1 heterocycles. The molecule has 1 fully saturated rings. The third-order valence-electron chi connectivity index (χ3n) is 4.58. The van der Waals surface area contributed by atoms with E-state index in [-0.39, 0.29) is 18.1 Å². The summed E-state index contributed by atoms with van der Waals surface area (Å²) in [6.45, 7) is 1.83. The summed E-state index contributed by atoms with van der Waals surface area (Å²) in [4.78, 5) is 12.2. The van der Waals surface area contributed by atoms with Crippen molar-refractivity contribution < 1.29 is 9.90 Å². The van der Waals surface area contributed by atoms with E-state index in [2.05, 4.69) is 10.4 Å². The van der Waals surface area contributed by atoms with Gasteiger partial charge in [-0.05, 0) is 37.0 Å². The Morgan fingerprint density at radius 2 is 2.09 bits per heavy atom. The van der Waals surface area contributed by atoms with Gasteiger partial charge in [0.1, 0.15) is 11.6 Å². The summed E-state index contributed by atoms with van der Waals surface area (Å²) in [5.74, 6) is 1.38. The SMILES string of the molecule is Cc1ccc(CC(=O)Nc2cc(C3CCCC3)nn2C)cc1O. The molecule has 0 atom stereocenters. The number of phenols is 1. The van der Waals surface area contributed by atoms with Crippen molar-refractivity contribution in [3.63, 3.8) is 0 Å². The van der Waals surface area contributed by atoms with Crippen LogP contribution in [0.4, 0.5) is 5.82 Å². The third kappa shape index (κ3) is 3.55.